The zero-order valence-corrected chi connectivity index (χ0v) is 40.5. The van der Waals surface area contributed by atoms with Crippen LogP contribution in [-0.2, 0) is 51.3 Å². The number of fused-ring (bicyclic) bond motifs is 4. The molecule has 0 aromatic heterocycles. The van der Waals surface area contributed by atoms with Crippen LogP contribution in [0.5, 0.6) is 5.75 Å². The molecule has 1 saturated heterocycles. The first-order valence-electron chi connectivity index (χ1n) is 24.1. The SMILES string of the molecule is CC(C)C[C@@H]1NC(=O)CCNC(=O)C(CNC(=O)[C@H](C)NC(=O)OCC2c3ccccc3-c3ccccc32)(C(=O)NCCC(=O)NCCCOc2cccc3c2CCN(C)C3)CNC(=O)CCNC1=O. The Morgan fingerprint density at radius 3 is 2.23 bits per heavy atom. The minimum absolute atomic E-state index is 0.00208. The Labute approximate surface area is 408 Å². The van der Waals surface area contributed by atoms with E-state index in [1.54, 1.807) is 0 Å². The topological polar surface area (TPSA) is 254 Å². The van der Waals surface area contributed by atoms with Crippen molar-refractivity contribution < 1.29 is 47.8 Å². The van der Waals surface area contributed by atoms with Crippen LogP contribution in [0.2, 0.25) is 0 Å². The molecule has 8 amide bonds. The molecule has 0 radical (unpaired) electrons. The summed E-state index contributed by atoms with van der Waals surface area (Å²) in [6.45, 7) is 5.78. The first kappa shape index (κ1) is 52.4. The van der Waals surface area contributed by atoms with Gasteiger partial charge in [0.2, 0.25) is 41.4 Å². The fraction of sp³-hybridized carbons (Fsp3) is 0.490. The number of hydrogen-bond acceptors (Lipinski definition) is 11. The van der Waals surface area contributed by atoms with E-state index in [0.717, 1.165) is 47.5 Å². The molecule has 0 saturated carbocycles. The summed E-state index contributed by atoms with van der Waals surface area (Å²) >= 11 is 0. The highest BCUT2D eigenvalue weighted by molar-refractivity contribution is 6.07. The van der Waals surface area contributed by atoms with E-state index in [0.29, 0.717) is 26.0 Å². The molecule has 1 fully saturated rings. The molecule has 70 heavy (non-hydrogen) atoms. The van der Waals surface area contributed by atoms with Gasteiger partial charge in [0.05, 0.1) is 6.61 Å². The Hall–Kier alpha value is -7.02. The van der Waals surface area contributed by atoms with E-state index in [1.165, 1.54) is 18.1 Å². The van der Waals surface area contributed by atoms with E-state index < -0.39 is 72.1 Å². The molecule has 0 bridgehead atoms. The fourth-order valence-electron chi connectivity index (χ4n) is 8.83. The Bertz CT molecular complexity index is 2350. The zero-order chi connectivity index (χ0) is 50.2. The molecule has 1 unspecified atom stereocenters. The molecule has 2 heterocycles. The maximum Gasteiger partial charge on any atom is 0.407 e. The summed E-state index contributed by atoms with van der Waals surface area (Å²) in [7, 11) is 2.08. The van der Waals surface area contributed by atoms with Gasteiger partial charge in [-0.05, 0) is 78.6 Å². The van der Waals surface area contributed by atoms with E-state index >= 15 is 0 Å². The van der Waals surface area contributed by atoms with Crippen molar-refractivity contribution in [1.29, 1.82) is 0 Å². The number of carbonyl (C=O) groups is 8. The smallest absolute Gasteiger partial charge is 0.407 e. The van der Waals surface area contributed by atoms with Gasteiger partial charge in [-0.1, -0.05) is 74.5 Å². The maximum absolute atomic E-state index is 14.3. The van der Waals surface area contributed by atoms with E-state index in [-0.39, 0.29) is 63.2 Å². The molecule has 2 aliphatic heterocycles. The summed E-state index contributed by atoms with van der Waals surface area (Å²) in [6.07, 6.45) is 0.209. The Balaban J connectivity index is 1.08. The molecule has 1 aliphatic carbocycles. The van der Waals surface area contributed by atoms with Gasteiger partial charge in [-0.3, -0.25) is 33.6 Å². The first-order valence-corrected chi connectivity index (χ1v) is 24.1. The highest BCUT2D eigenvalue weighted by Gasteiger charge is 2.47. The van der Waals surface area contributed by atoms with Crippen molar-refractivity contribution in [1.82, 2.24) is 47.4 Å². The Kier molecular flexibility index (Phi) is 18.7. The lowest BCUT2D eigenvalue weighted by molar-refractivity contribution is -0.143. The number of amides is 8. The molecule has 0 spiro atoms. The van der Waals surface area contributed by atoms with Crippen LogP contribution < -0.4 is 47.3 Å². The van der Waals surface area contributed by atoms with Crippen molar-refractivity contribution in [3.63, 3.8) is 0 Å². The quantitative estimate of drug-likeness (QED) is 0.0715. The summed E-state index contributed by atoms with van der Waals surface area (Å²) in [5.41, 5.74) is 4.31. The average molecular weight is 966 g/mol. The summed E-state index contributed by atoms with van der Waals surface area (Å²) in [4.78, 5) is 110. The lowest BCUT2D eigenvalue weighted by Gasteiger charge is -2.32. The third-order valence-corrected chi connectivity index (χ3v) is 12.7. The summed E-state index contributed by atoms with van der Waals surface area (Å²) < 4.78 is 11.7. The molecule has 6 rings (SSSR count). The van der Waals surface area contributed by atoms with Crippen molar-refractivity contribution in [3.05, 3.63) is 89.0 Å². The van der Waals surface area contributed by atoms with Gasteiger partial charge < -0.3 is 56.9 Å². The van der Waals surface area contributed by atoms with E-state index in [9.17, 15) is 38.4 Å². The summed E-state index contributed by atoms with van der Waals surface area (Å²) in [6, 6.07) is 19.6. The number of alkyl carbamates (subject to hydrolysis) is 1. The van der Waals surface area contributed by atoms with Crippen LogP contribution in [0, 0.1) is 11.3 Å². The standard InChI is InChI=1S/C51H67N9O10/c1-32(2)27-41-47(65)53-22-17-44(62)56-30-51(49(67)55-24-19-45(63)59-41,48(66)54-23-18-43(61)52-21-10-26-69-42-16-9-11-34-28-60(4)25-20-35(34)42)31-57-46(64)33(3)58-50(68)70-29-40-38-14-7-5-12-36(38)37-13-6-8-15-39(37)40/h5-9,11-16,32-33,40-41H,10,17-31H2,1-4H3,(H,52,61)(H,53,65)(H,54,66)(H,55,67)(H,56,62)(H,57,64)(H,58,68)(H,59,63)/t33-,41-,51?/m0/s1. The number of benzene rings is 3. The molecule has 3 aromatic carbocycles. The van der Waals surface area contributed by atoms with Crippen LogP contribution in [0.1, 0.15) is 81.0 Å². The van der Waals surface area contributed by atoms with Gasteiger partial charge in [0.25, 0.3) is 0 Å². The second-order valence-corrected chi connectivity index (χ2v) is 18.5. The van der Waals surface area contributed by atoms with Crippen molar-refractivity contribution >= 4 is 47.4 Å². The minimum Gasteiger partial charge on any atom is -0.493 e. The molecular weight excluding hydrogens is 899 g/mol. The van der Waals surface area contributed by atoms with Gasteiger partial charge in [-0.15, -0.1) is 0 Å². The lowest BCUT2D eigenvalue weighted by Crippen LogP contribution is -2.62. The average Bonchev–Trinajstić information content (AvgIpc) is 3.65. The third kappa shape index (κ3) is 14.0. The molecule has 19 nitrogen and oxygen atoms in total. The number of rotatable bonds is 17. The van der Waals surface area contributed by atoms with Crippen molar-refractivity contribution in [2.45, 2.75) is 83.8 Å². The van der Waals surface area contributed by atoms with E-state index in [2.05, 4.69) is 60.5 Å². The number of hydrogen-bond donors (Lipinski definition) is 8. The molecule has 376 valence electrons. The van der Waals surface area contributed by atoms with Gasteiger partial charge in [-0.2, -0.15) is 0 Å². The maximum atomic E-state index is 14.3. The second-order valence-electron chi connectivity index (χ2n) is 18.5. The van der Waals surface area contributed by atoms with Crippen LogP contribution in [0.15, 0.2) is 66.7 Å². The highest BCUT2D eigenvalue weighted by atomic mass is 16.5. The predicted octanol–water partition coefficient (Wildman–Crippen LogP) is 1.77. The van der Waals surface area contributed by atoms with Gasteiger partial charge in [0, 0.05) is 77.5 Å². The second kappa shape index (κ2) is 25.0. The molecule has 19 heteroatoms. The van der Waals surface area contributed by atoms with Crippen LogP contribution in [0.4, 0.5) is 4.79 Å². The predicted molar refractivity (Wildman–Crippen MR) is 260 cm³/mol. The van der Waals surface area contributed by atoms with Crippen molar-refractivity contribution in [2.75, 3.05) is 66.1 Å². The molecular formula is C51H67N9O10. The molecule has 3 aliphatic rings. The molecule has 8 N–H and O–H groups in total. The number of ether oxygens (including phenoxy) is 2. The number of nitrogens with one attached hydrogen (secondary N) is 8. The largest absolute Gasteiger partial charge is 0.493 e. The Morgan fingerprint density at radius 1 is 0.800 bits per heavy atom. The number of carbonyl (C=O) groups excluding carboxylic acids is 8. The lowest BCUT2D eigenvalue weighted by atomic mass is 9.84. The van der Waals surface area contributed by atoms with Crippen molar-refractivity contribution in [2.24, 2.45) is 11.3 Å². The van der Waals surface area contributed by atoms with Gasteiger partial charge in [0.1, 0.15) is 24.4 Å². The molecule has 3 atom stereocenters. The van der Waals surface area contributed by atoms with E-state index in [1.807, 2.05) is 74.5 Å². The van der Waals surface area contributed by atoms with Gasteiger partial charge >= 0.3 is 6.09 Å². The summed E-state index contributed by atoms with van der Waals surface area (Å²) in [5.74, 6) is -3.99. The normalized spacial score (nSPS) is 19.2. The highest BCUT2D eigenvalue weighted by Crippen LogP contribution is 2.44. The number of likely N-dealkylation sites (N-methyl/N-ethyl adjacent to an activating group) is 1. The Morgan fingerprint density at radius 2 is 1.50 bits per heavy atom. The van der Waals surface area contributed by atoms with Gasteiger partial charge in [-0.25, -0.2) is 4.79 Å². The van der Waals surface area contributed by atoms with E-state index in [4.69, 9.17) is 9.47 Å². The van der Waals surface area contributed by atoms with Crippen LogP contribution >= 0.6 is 0 Å². The monoisotopic (exact) mass is 966 g/mol. The van der Waals surface area contributed by atoms with Gasteiger partial charge in [0.15, 0.2) is 5.41 Å². The fourth-order valence-corrected chi connectivity index (χ4v) is 8.83. The minimum atomic E-state index is -2.23. The number of nitrogens with zero attached hydrogens (tertiary/aromatic N) is 1. The van der Waals surface area contributed by atoms with Crippen LogP contribution in [0.25, 0.3) is 11.1 Å². The van der Waals surface area contributed by atoms with Crippen LogP contribution in [-0.4, -0.2) is 131 Å². The zero-order valence-electron chi connectivity index (χ0n) is 40.5. The first-order chi connectivity index (χ1) is 33.6. The third-order valence-electron chi connectivity index (χ3n) is 12.7. The summed E-state index contributed by atoms with van der Waals surface area (Å²) in [5, 5.41) is 21.1. The van der Waals surface area contributed by atoms with Crippen molar-refractivity contribution in [3.8, 4) is 16.9 Å². The van der Waals surface area contributed by atoms with Crippen LogP contribution in [0.3, 0.4) is 0 Å². The molecule has 3 aromatic rings.